The molecule has 10 heteroatoms. The van der Waals surface area contributed by atoms with Gasteiger partial charge in [0, 0.05) is 48.5 Å². The predicted octanol–water partition coefficient (Wildman–Crippen LogP) is 5.12. The Morgan fingerprint density at radius 3 is 1.25 bits per heavy atom. The van der Waals surface area contributed by atoms with Gasteiger partial charge in [0.2, 0.25) is 11.6 Å². The molecule has 3 aliphatic heterocycles. The van der Waals surface area contributed by atoms with E-state index in [1.165, 1.54) is 0 Å². The van der Waals surface area contributed by atoms with Crippen LogP contribution < -0.4 is 0 Å². The van der Waals surface area contributed by atoms with Crippen molar-refractivity contribution < 1.29 is 43.0 Å². The summed E-state index contributed by atoms with van der Waals surface area (Å²) >= 11 is 0. The van der Waals surface area contributed by atoms with E-state index in [2.05, 4.69) is 4.90 Å². The van der Waals surface area contributed by atoms with Crippen LogP contribution in [0.4, 0.5) is 0 Å². The number of benzene rings is 4. The summed E-state index contributed by atoms with van der Waals surface area (Å²) in [6.07, 6.45) is -1.65. The van der Waals surface area contributed by atoms with Crippen molar-refractivity contribution in [2.24, 2.45) is 0 Å². The maximum absolute atomic E-state index is 9.40. The standard InChI is InChI=1S/C43H51NO9/c45-25-13-22-44-23-26-46-28-30-48-40(38-32-50-42(52-38,34-14-5-1-6-15-34)35-16-7-2-8-17-35)41(49-31-29-47-27-24-44)39-33-51-43(53-39,36-18-9-3-10-19-36)37-20-11-4-12-21-37/h1-12,14-21,38-41,45H,13,22-33H2/t38-,39-,40-,41-/m1/s1. The Bertz CT molecular complexity index is 1430. The van der Waals surface area contributed by atoms with Crippen LogP contribution in [0.15, 0.2) is 121 Å². The van der Waals surface area contributed by atoms with E-state index in [0.29, 0.717) is 46.1 Å². The Morgan fingerprint density at radius 1 is 0.509 bits per heavy atom. The summed E-state index contributed by atoms with van der Waals surface area (Å²) in [4.78, 5) is 2.25. The lowest BCUT2D eigenvalue weighted by Gasteiger charge is -2.36. The number of aliphatic hydroxyl groups is 1. The summed E-state index contributed by atoms with van der Waals surface area (Å²) in [7, 11) is 0. The Balaban J connectivity index is 1.20. The van der Waals surface area contributed by atoms with Gasteiger partial charge in [0.15, 0.2) is 0 Å². The fourth-order valence-corrected chi connectivity index (χ4v) is 7.39. The first-order valence-electron chi connectivity index (χ1n) is 18.8. The fourth-order valence-electron chi connectivity index (χ4n) is 7.39. The number of ether oxygens (including phenoxy) is 8. The van der Waals surface area contributed by atoms with Crippen molar-refractivity contribution in [1.82, 2.24) is 4.90 Å². The number of rotatable bonds is 9. The first kappa shape index (κ1) is 37.8. The zero-order valence-electron chi connectivity index (χ0n) is 30.2. The second-order valence-corrected chi connectivity index (χ2v) is 13.4. The largest absolute Gasteiger partial charge is 0.396 e. The van der Waals surface area contributed by atoms with Gasteiger partial charge in [0.1, 0.15) is 24.4 Å². The van der Waals surface area contributed by atoms with Crippen LogP contribution in [0.5, 0.6) is 0 Å². The Labute approximate surface area is 312 Å². The second kappa shape index (κ2) is 18.7. The molecule has 0 saturated carbocycles. The molecule has 4 aromatic carbocycles. The maximum atomic E-state index is 9.40. The molecule has 0 radical (unpaired) electrons. The van der Waals surface area contributed by atoms with E-state index in [-0.39, 0.29) is 19.8 Å². The lowest BCUT2D eigenvalue weighted by Crippen LogP contribution is -2.51. The summed E-state index contributed by atoms with van der Waals surface area (Å²) in [5.74, 6) is -2.30. The first-order chi connectivity index (χ1) is 26.2. The molecule has 282 valence electrons. The molecule has 3 heterocycles. The van der Waals surface area contributed by atoms with Gasteiger partial charge in [-0.25, -0.2) is 0 Å². The fraction of sp³-hybridized carbons (Fsp3) is 0.442. The third kappa shape index (κ3) is 8.90. The lowest BCUT2D eigenvalue weighted by atomic mass is 9.96. The lowest BCUT2D eigenvalue weighted by molar-refractivity contribution is -0.209. The molecule has 4 atom stereocenters. The summed E-state index contributed by atoms with van der Waals surface area (Å²) < 4.78 is 53.4. The number of hydrogen-bond acceptors (Lipinski definition) is 10. The van der Waals surface area contributed by atoms with Gasteiger partial charge < -0.3 is 43.0 Å². The van der Waals surface area contributed by atoms with Gasteiger partial charge >= 0.3 is 0 Å². The maximum Gasteiger partial charge on any atom is 0.222 e. The molecule has 1 N–H and O–H groups in total. The molecule has 3 aliphatic rings. The first-order valence-corrected chi connectivity index (χ1v) is 18.8. The molecule has 0 unspecified atom stereocenters. The Morgan fingerprint density at radius 2 is 0.887 bits per heavy atom. The minimum Gasteiger partial charge on any atom is -0.396 e. The third-order valence-corrected chi connectivity index (χ3v) is 10.0. The van der Waals surface area contributed by atoms with Crippen molar-refractivity contribution >= 4 is 0 Å². The molecule has 0 amide bonds. The summed E-state index contributed by atoms with van der Waals surface area (Å²) in [5, 5.41) is 9.40. The van der Waals surface area contributed by atoms with E-state index >= 15 is 0 Å². The van der Waals surface area contributed by atoms with Crippen molar-refractivity contribution in [2.75, 3.05) is 79.1 Å². The smallest absolute Gasteiger partial charge is 0.222 e. The molecular formula is C43H51NO9. The molecule has 0 spiro atoms. The van der Waals surface area contributed by atoms with E-state index in [4.69, 9.17) is 37.9 Å². The van der Waals surface area contributed by atoms with Crippen molar-refractivity contribution in [2.45, 2.75) is 42.4 Å². The molecule has 0 aliphatic carbocycles. The normalized spacial score (nSPS) is 26.1. The predicted molar refractivity (Wildman–Crippen MR) is 198 cm³/mol. The molecular weight excluding hydrogens is 674 g/mol. The zero-order valence-corrected chi connectivity index (χ0v) is 30.2. The van der Waals surface area contributed by atoms with Gasteiger partial charge in [0.05, 0.1) is 52.9 Å². The Kier molecular flexibility index (Phi) is 13.3. The average Bonchev–Trinajstić information content (AvgIpc) is 3.88. The number of aliphatic hydroxyl groups excluding tert-OH is 1. The van der Waals surface area contributed by atoms with Gasteiger partial charge in [-0.3, -0.25) is 4.90 Å². The monoisotopic (exact) mass is 725 g/mol. The third-order valence-electron chi connectivity index (χ3n) is 10.0. The summed E-state index contributed by atoms with van der Waals surface area (Å²) in [6, 6.07) is 40.1. The van der Waals surface area contributed by atoms with E-state index in [1.54, 1.807) is 0 Å². The van der Waals surface area contributed by atoms with Gasteiger partial charge in [-0.1, -0.05) is 121 Å². The molecule has 53 heavy (non-hydrogen) atoms. The molecule has 0 bridgehead atoms. The SMILES string of the molecule is OCCCN1CCOCCO[C@H]([C@H]2COC(c3ccccc3)(c3ccccc3)O2)[C@@H]([C@H]2COC(c3ccccc3)(c3ccccc3)O2)OCCOCC1. The van der Waals surface area contributed by atoms with Crippen molar-refractivity contribution in [1.29, 1.82) is 0 Å². The highest BCUT2D eigenvalue weighted by atomic mass is 16.8. The van der Waals surface area contributed by atoms with Crippen LogP contribution in [0.2, 0.25) is 0 Å². The van der Waals surface area contributed by atoms with Crippen LogP contribution >= 0.6 is 0 Å². The van der Waals surface area contributed by atoms with Crippen molar-refractivity contribution in [3.63, 3.8) is 0 Å². The van der Waals surface area contributed by atoms with E-state index < -0.39 is 36.0 Å². The van der Waals surface area contributed by atoms with Crippen molar-refractivity contribution in [3.8, 4) is 0 Å². The minimum absolute atomic E-state index is 0.147. The van der Waals surface area contributed by atoms with Gasteiger partial charge in [-0.15, -0.1) is 0 Å². The van der Waals surface area contributed by atoms with Gasteiger partial charge in [0.25, 0.3) is 0 Å². The summed E-state index contributed by atoms with van der Waals surface area (Å²) in [5.41, 5.74) is 3.55. The second-order valence-electron chi connectivity index (χ2n) is 13.4. The van der Waals surface area contributed by atoms with Crippen LogP contribution in [0.25, 0.3) is 0 Å². The van der Waals surface area contributed by atoms with Crippen LogP contribution in [-0.2, 0) is 49.5 Å². The Hall–Kier alpha value is -3.52. The average molecular weight is 726 g/mol. The van der Waals surface area contributed by atoms with Crippen LogP contribution in [0, 0.1) is 0 Å². The molecule has 3 fully saturated rings. The van der Waals surface area contributed by atoms with E-state index in [0.717, 1.165) is 41.9 Å². The van der Waals surface area contributed by atoms with Crippen LogP contribution in [0.1, 0.15) is 28.7 Å². The van der Waals surface area contributed by atoms with E-state index in [9.17, 15) is 5.11 Å². The molecule has 10 nitrogen and oxygen atoms in total. The highest BCUT2D eigenvalue weighted by Gasteiger charge is 2.54. The van der Waals surface area contributed by atoms with Crippen LogP contribution in [0.3, 0.4) is 0 Å². The molecule has 3 saturated heterocycles. The van der Waals surface area contributed by atoms with Crippen molar-refractivity contribution in [3.05, 3.63) is 144 Å². The van der Waals surface area contributed by atoms with E-state index in [1.807, 2.05) is 121 Å². The highest BCUT2D eigenvalue weighted by molar-refractivity contribution is 5.36. The molecule has 4 aromatic rings. The minimum atomic E-state index is -1.15. The number of hydrogen-bond donors (Lipinski definition) is 1. The zero-order chi connectivity index (χ0) is 36.2. The molecule has 0 aromatic heterocycles. The van der Waals surface area contributed by atoms with Gasteiger partial charge in [-0.2, -0.15) is 0 Å². The molecule has 7 rings (SSSR count). The highest BCUT2D eigenvalue weighted by Crippen LogP contribution is 2.45. The number of nitrogens with zero attached hydrogens (tertiary/aromatic N) is 1. The van der Waals surface area contributed by atoms with Gasteiger partial charge in [-0.05, 0) is 6.42 Å². The topological polar surface area (TPSA) is 97.3 Å². The van der Waals surface area contributed by atoms with Crippen LogP contribution in [-0.4, -0.2) is 114 Å². The quantitative estimate of drug-likeness (QED) is 0.251. The summed E-state index contributed by atoms with van der Waals surface area (Å²) in [6.45, 7) is 5.31.